The summed E-state index contributed by atoms with van der Waals surface area (Å²) >= 11 is -3.19. The second-order valence-electron chi connectivity index (χ2n) is 7.98. The van der Waals surface area contributed by atoms with Crippen molar-refractivity contribution in [2.24, 2.45) is 0 Å². The topological polar surface area (TPSA) is 0 Å². The van der Waals surface area contributed by atoms with Crippen LogP contribution in [0.1, 0.15) is 22.3 Å². The summed E-state index contributed by atoms with van der Waals surface area (Å²) in [6.45, 7) is 0. The van der Waals surface area contributed by atoms with Crippen LogP contribution in [0, 0.1) is 0 Å². The van der Waals surface area contributed by atoms with Gasteiger partial charge >= 0.3 is 203 Å². The Labute approximate surface area is 201 Å². The van der Waals surface area contributed by atoms with Gasteiger partial charge in [0.05, 0.1) is 0 Å². The number of hydrogen-bond acceptors (Lipinski definition) is 0. The molecular formula is C32H28Sn. The molecule has 0 saturated carbocycles. The number of benzene rings is 4. The third-order valence-corrected chi connectivity index (χ3v) is 14.0. The van der Waals surface area contributed by atoms with E-state index in [-0.39, 0.29) is 0 Å². The van der Waals surface area contributed by atoms with E-state index in [1.165, 1.54) is 22.3 Å². The summed E-state index contributed by atoms with van der Waals surface area (Å²) in [7, 11) is 0. The van der Waals surface area contributed by atoms with Crippen LogP contribution in [-0.4, -0.2) is 18.4 Å². The van der Waals surface area contributed by atoms with Gasteiger partial charge in [-0.2, -0.15) is 0 Å². The third-order valence-electron chi connectivity index (χ3n) is 5.46. The van der Waals surface area contributed by atoms with Gasteiger partial charge in [0.1, 0.15) is 0 Å². The standard InChI is InChI=1S/4C8H7.Sn/c4*1-2-8-6-4-3-5-7-8;/h4*1-7H;. The third kappa shape index (κ3) is 7.33. The Morgan fingerprint density at radius 1 is 0.303 bits per heavy atom. The molecule has 33 heavy (non-hydrogen) atoms. The van der Waals surface area contributed by atoms with Crippen molar-refractivity contribution in [3.8, 4) is 0 Å². The van der Waals surface area contributed by atoms with Crippen molar-refractivity contribution in [1.29, 1.82) is 0 Å². The van der Waals surface area contributed by atoms with Crippen LogP contribution in [0.4, 0.5) is 0 Å². The monoisotopic (exact) mass is 532 g/mol. The van der Waals surface area contributed by atoms with Crippen LogP contribution in [-0.2, 0) is 0 Å². The zero-order valence-corrected chi connectivity index (χ0v) is 21.5. The fraction of sp³-hybridized carbons (Fsp3) is 0. The Bertz CT molecular complexity index is 1020. The van der Waals surface area contributed by atoms with Crippen LogP contribution in [0.15, 0.2) is 138 Å². The van der Waals surface area contributed by atoms with Crippen LogP contribution in [0.25, 0.3) is 24.3 Å². The van der Waals surface area contributed by atoms with E-state index in [0.29, 0.717) is 0 Å². The molecule has 0 unspecified atom stereocenters. The molecule has 4 aromatic rings. The molecule has 0 nitrogen and oxygen atoms in total. The van der Waals surface area contributed by atoms with Crippen LogP contribution in [0.3, 0.4) is 0 Å². The van der Waals surface area contributed by atoms with Crippen molar-refractivity contribution in [3.63, 3.8) is 0 Å². The van der Waals surface area contributed by atoms with Gasteiger partial charge < -0.3 is 0 Å². The first-order valence-electron chi connectivity index (χ1n) is 11.3. The molecule has 160 valence electrons. The molecule has 0 aromatic heterocycles. The molecule has 0 spiro atoms. The molecule has 0 fully saturated rings. The Hall–Kier alpha value is -3.36. The van der Waals surface area contributed by atoms with E-state index in [4.69, 9.17) is 0 Å². The molecule has 4 aromatic carbocycles. The Morgan fingerprint density at radius 2 is 0.515 bits per heavy atom. The van der Waals surface area contributed by atoms with Crippen LogP contribution in [0.2, 0.25) is 0 Å². The predicted molar refractivity (Wildman–Crippen MR) is 148 cm³/mol. The van der Waals surface area contributed by atoms with Gasteiger partial charge in [-0.25, -0.2) is 0 Å². The van der Waals surface area contributed by atoms with Gasteiger partial charge in [0.25, 0.3) is 0 Å². The van der Waals surface area contributed by atoms with E-state index >= 15 is 0 Å². The molecule has 0 saturated heterocycles. The molecule has 0 amide bonds. The summed E-state index contributed by atoms with van der Waals surface area (Å²) in [6.07, 6.45) is 9.15. The molecule has 0 aliphatic carbocycles. The Morgan fingerprint density at radius 3 is 0.727 bits per heavy atom. The molecule has 0 aliphatic rings. The van der Waals surface area contributed by atoms with Crippen LogP contribution >= 0.6 is 0 Å². The van der Waals surface area contributed by atoms with Gasteiger partial charge in [0.2, 0.25) is 0 Å². The summed E-state index contributed by atoms with van der Waals surface area (Å²) in [6, 6.07) is 42.3. The molecule has 0 aliphatic heterocycles. The maximum absolute atomic E-state index is 3.19. The normalized spacial score (nSPS) is 12.4. The second kappa shape index (κ2) is 12.0. The summed E-state index contributed by atoms with van der Waals surface area (Å²) in [5.41, 5.74) is 4.92. The first-order chi connectivity index (χ1) is 16.3. The molecule has 0 atom stereocenters. The minimum atomic E-state index is -3.19. The summed E-state index contributed by atoms with van der Waals surface area (Å²) in [5, 5.41) is 0. The van der Waals surface area contributed by atoms with E-state index in [9.17, 15) is 0 Å². The predicted octanol–water partition coefficient (Wildman–Crippen LogP) is 8.45. The SMILES string of the molecule is C(=[CH]\[Sn](/[CH]=C/c1ccccc1)(/[CH]=C/c1ccccc1)/[CH]=C/c1ccccc1)/c1ccccc1. The van der Waals surface area contributed by atoms with Crippen LogP contribution in [0.5, 0.6) is 0 Å². The van der Waals surface area contributed by atoms with Gasteiger partial charge in [0.15, 0.2) is 0 Å². The maximum atomic E-state index is 2.47. The molecular weight excluding hydrogens is 503 g/mol. The van der Waals surface area contributed by atoms with Gasteiger partial charge in [-0.1, -0.05) is 0 Å². The molecule has 0 heterocycles. The fourth-order valence-electron chi connectivity index (χ4n) is 3.55. The van der Waals surface area contributed by atoms with Crippen LogP contribution < -0.4 is 0 Å². The van der Waals surface area contributed by atoms with Crippen molar-refractivity contribution < 1.29 is 0 Å². The van der Waals surface area contributed by atoms with Gasteiger partial charge in [-0.15, -0.1) is 0 Å². The summed E-state index contributed by atoms with van der Waals surface area (Å²) < 4.78 is 9.90. The van der Waals surface area contributed by atoms with Crippen molar-refractivity contribution in [2.45, 2.75) is 0 Å². The number of hydrogen-bond donors (Lipinski definition) is 0. The van der Waals surface area contributed by atoms with E-state index in [1.54, 1.807) is 0 Å². The van der Waals surface area contributed by atoms with Crippen molar-refractivity contribution >= 4 is 42.7 Å². The first kappa shape index (κ1) is 22.8. The Kier molecular flexibility index (Phi) is 8.32. The summed E-state index contributed by atoms with van der Waals surface area (Å²) in [5.74, 6) is 0. The van der Waals surface area contributed by atoms with Crippen molar-refractivity contribution in [2.75, 3.05) is 0 Å². The van der Waals surface area contributed by atoms with E-state index in [0.717, 1.165) is 0 Å². The molecule has 0 bridgehead atoms. The van der Waals surface area contributed by atoms with Crippen molar-refractivity contribution in [3.05, 3.63) is 160 Å². The average Bonchev–Trinajstić information content (AvgIpc) is 2.90. The molecule has 0 radical (unpaired) electrons. The second-order valence-corrected chi connectivity index (χ2v) is 17.5. The molecule has 4 rings (SSSR count). The zero-order chi connectivity index (χ0) is 22.6. The van der Waals surface area contributed by atoms with Crippen molar-refractivity contribution in [1.82, 2.24) is 0 Å². The van der Waals surface area contributed by atoms with E-state index < -0.39 is 18.4 Å². The minimum absolute atomic E-state index is 1.23. The quantitative estimate of drug-likeness (QED) is 0.200. The molecule has 1 heteroatoms. The van der Waals surface area contributed by atoms with Gasteiger partial charge in [-0.05, 0) is 0 Å². The van der Waals surface area contributed by atoms with Gasteiger partial charge in [-0.3, -0.25) is 0 Å². The average molecular weight is 531 g/mol. The van der Waals surface area contributed by atoms with E-state index in [1.807, 2.05) is 0 Å². The zero-order valence-electron chi connectivity index (χ0n) is 18.7. The van der Waals surface area contributed by atoms with Gasteiger partial charge in [0, 0.05) is 0 Å². The summed E-state index contributed by atoms with van der Waals surface area (Å²) in [4.78, 5) is 0. The van der Waals surface area contributed by atoms with E-state index in [2.05, 4.69) is 162 Å². The Balaban J connectivity index is 1.79. The molecule has 0 N–H and O–H groups in total. The number of rotatable bonds is 8. The fourth-order valence-corrected chi connectivity index (χ4v) is 10.9. The first-order valence-corrected chi connectivity index (χ1v) is 17.9.